The first kappa shape index (κ1) is 11.5. The second-order valence-corrected chi connectivity index (χ2v) is 4.13. The normalized spacial score (nSPS) is 11.1. The van der Waals surface area contributed by atoms with Crippen LogP contribution in [-0.2, 0) is 6.42 Å². The minimum atomic E-state index is -0.321. The van der Waals surface area contributed by atoms with Crippen molar-refractivity contribution in [3.8, 4) is 11.5 Å². The average Bonchev–Trinajstić information content (AvgIpc) is 2.81. The number of fused-ring (bicyclic) bond motifs is 1. The van der Waals surface area contributed by atoms with E-state index in [9.17, 15) is 4.79 Å². The molecule has 0 fully saturated rings. The largest absolute Gasteiger partial charge is 0.349 e. The van der Waals surface area contributed by atoms with Gasteiger partial charge in [0.05, 0.1) is 6.20 Å². The highest BCUT2D eigenvalue weighted by Crippen LogP contribution is 2.18. The summed E-state index contributed by atoms with van der Waals surface area (Å²) in [5.74, 6) is 0.455. The fraction of sp³-hybridized carbons (Fsp3) is 0.250. The molecule has 0 aliphatic carbocycles. The molecule has 0 aromatic carbocycles. The predicted octanol–water partition coefficient (Wildman–Crippen LogP) is 0.745. The molecule has 0 amide bonds. The lowest BCUT2D eigenvalue weighted by atomic mass is 10.2. The van der Waals surface area contributed by atoms with Gasteiger partial charge in [-0.3, -0.25) is 4.98 Å². The molecule has 7 heteroatoms. The molecule has 1 N–H and O–H groups in total. The Morgan fingerprint density at radius 2 is 2.21 bits per heavy atom. The summed E-state index contributed by atoms with van der Waals surface area (Å²) in [6.07, 6.45) is 5.47. The van der Waals surface area contributed by atoms with Gasteiger partial charge in [0.1, 0.15) is 5.69 Å². The van der Waals surface area contributed by atoms with Gasteiger partial charge in [-0.1, -0.05) is 6.92 Å². The number of hydrogen-bond donors (Lipinski definition) is 1. The Kier molecular flexibility index (Phi) is 2.59. The molecular formula is C12H12N6O. The van der Waals surface area contributed by atoms with Gasteiger partial charge in [0.15, 0.2) is 11.5 Å². The maximum atomic E-state index is 11.9. The molecule has 0 unspecified atom stereocenters. The Bertz CT molecular complexity index is 789. The number of rotatable bonds is 2. The van der Waals surface area contributed by atoms with Crippen LogP contribution in [0, 0.1) is 6.92 Å². The molecule has 0 bridgehead atoms. The quantitative estimate of drug-likeness (QED) is 0.730. The lowest BCUT2D eigenvalue weighted by molar-refractivity contribution is 0.952. The number of hydrogen-bond acceptors (Lipinski definition) is 5. The number of nitrogens with one attached hydrogen (secondary N) is 1. The average molecular weight is 256 g/mol. The maximum Gasteiger partial charge on any atom is 0.349 e. The molecule has 7 nitrogen and oxygen atoms in total. The van der Waals surface area contributed by atoms with Crippen LogP contribution in [0.25, 0.3) is 17.2 Å². The van der Waals surface area contributed by atoms with Gasteiger partial charge in [-0.25, -0.2) is 24.3 Å². The fourth-order valence-corrected chi connectivity index (χ4v) is 2.13. The third-order valence-electron chi connectivity index (χ3n) is 3.01. The SMILES string of the molecule is CCc1c(C)nc(-c2cnccn2)n2c(=O)[nH]nc12. The van der Waals surface area contributed by atoms with E-state index in [1.807, 2.05) is 13.8 Å². The van der Waals surface area contributed by atoms with E-state index >= 15 is 0 Å². The monoisotopic (exact) mass is 256 g/mol. The van der Waals surface area contributed by atoms with Crippen molar-refractivity contribution in [1.82, 2.24) is 29.5 Å². The first-order valence-corrected chi connectivity index (χ1v) is 5.95. The number of H-pyrrole nitrogens is 1. The summed E-state index contributed by atoms with van der Waals surface area (Å²) in [5.41, 5.74) is 2.61. The lowest BCUT2D eigenvalue weighted by Crippen LogP contribution is -2.15. The minimum absolute atomic E-state index is 0.321. The summed E-state index contributed by atoms with van der Waals surface area (Å²) >= 11 is 0. The van der Waals surface area contributed by atoms with Crippen LogP contribution >= 0.6 is 0 Å². The van der Waals surface area contributed by atoms with E-state index in [4.69, 9.17) is 0 Å². The van der Waals surface area contributed by atoms with Crippen LogP contribution in [-0.4, -0.2) is 29.5 Å². The summed E-state index contributed by atoms with van der Waals surface area (Å²) in [7, 11) is 0. The Labute approximate surface area is 108 Å². The van der Waals surface area contributed by atoms with Gasteiger partial charge in [-0.2, -0.15) is 5.10 Å². The van der Waals surface area contributed by atoms with Crippen LogP contribution in [0.4, 0.5) is 0 Å². The fourth-order valence-electron chi connectivity index (χ4n) is 2.13. The first-order chi connectivity index (χ1) is 9.22. The van der Waals surface area contributed by atoms with Gasteiger partial charge in [-0.15, -0.1) is 0 Å². The van der Waals surface area contributed by atoms with Crippen molar-refractivity contribution in [3.05, 3.63) is 40.3 Å². The summed E-state index contributed by atoms with van der Waals surface area (Å²) < 4.78 is 1.44. The molecule has 3 rings (SSSR count). The lowest BCUT2D eigenvalue weighted by Gasteiger charge is -2.08. The highest BCUT2D eigenvalue weighted by atomic mass is 16.1. The molecule has 3 aromatic rings. The zero-order valence-electron chi connectivity index (χ0n) is 10.6. The van der Waals surface area contributed by atoms with Crippen LogP contribution < -0.4 is 5.69 Å². The second-order valence-electron chi connectivity index (χ2n) is 4.13. The number of nitrogens with zero attached hydrogens (tertiary/aromatic N) is 5. The highest BCUT2D eigenvalue weighted by Gasteiger charge is 2.16. The van der Waals surface area contributed by atoms with E-state index in [1.54, 1.807) is 18.6 Å². The Hall–Kier alpha value is -2.57. The van der Waals surface area contributed by atoms with Crippen molar-refractivity contribution in [2.45, 2.75) is 20.3 Å². The van der Waals surface area contributed by atoms with Gasteiger partial charge in [0.25, 0.3) is 0 Å². The van der Waals surface area contributed by atoms with E-state index in [1.165, 1.54) is 4.40 Å². The van der Waals surface area contributed by atoms with Gasteiger partial charge >= 0.3 is 5.69 Å². The zero-order chi connectivity index (χ0) is 13.4. The van der Waals surface area contributed by atoms with Crippen molar-refractivity contribution in [1.29, 1.82) is 0 Å². The highest BCUT2D eigenvalue weighted by molar-refractivity contribution is 5.58. The molecule has 3 heterocycles. The van der Waals surface area contributed by atoms with Crippen molar-refractivity contribution in [3.63, 3.8) is 0 Å². The Morgan fingerprint density at radius 1 is 1.37 bits per heavy atom. The predicted molar refractivity (Wildman–Crippen MR) is 68.7 cm³/mol. The van der Waals surface area contributed by atoms with E-state index in [0.29, 0.717) is 17.2 Å². The van der Waals surface area contributed by atoms with Crippen molar-refractivity contribution >= 4 is 5.65 Å². The molecule has 3 aromatic heterocycles. The van der Waals surface area contributed by atoms with Crippen molar-refractivity contribution in [2.24, 2.45) is 0 Å². The molecule has 0 spiro atoms. The van der Waals surface area contributed by atoms with Crippen LogP contribution in [0.2, 0.25) is 0 Å². The number of aromatic amines is 1. The molecule has 0 saturated heterocycles. The summed E-state index contributed by atoms with van der Waals surface area (Å²) in [6.45, 7) is 3.91. The van der Waals surface area contributed by atoms with Crippen LogP contribution in [0.15, 0.2) is 23.4 Å². The molecule has 0 saturated carbocycles. The Balaban J connectivity index is 2.44. The molecule has 0 atom stereocenters. The van der Waals surface area contributed by atoms with Gasteiger partial charge < -0.3 is 0 Å². The topological polar surface area (TPSA) is 88.8 Å². The summed E-state index contributed by atoms with van der Waals surface area (Å²) in [6, 6.07) is 0. The minimum Gasteiger partial charge on any atom is -0.261 e. The third-order valence-corrected chi connectivity index (χ3v) is 3.01. The van der Waals surface area contributed by atoms with Crippen LogP contribution in [0.1, 0.15) is 18.2 Å². The second kappa shape index (κ2) is 4.27. The number of aryl methyl sites for hydroxylation is 2. The van der Waals surface area contributed by atoms with Crippen molar-refractivity contribution in [2.75, 3.05) is 0 Å². The Morgan fingerprint density at radius 3 is 2.89 bits per heavy atom. The summed E-state index contributed by atoms with van der Waals surface area (Å²) in [4.78, 5) is 24.6. The van der Waals surface area contributed by atoms with E-state index in [-0.39, 0.29) is 5.69 Å². The van der Waals surface area contributed by atoms with Crippen molar-refractivity contribution < 1.29 is 0 Å². The van der Waals surface area contributed by atoms with E-state index < -0.39 is 0 Å². The van der Waals surface area contributed by atoms with Gasteiger partial charge in [-0.05, 0) is 13.3 Å². The van der Waals surface area contributed by atoms with Gasteiger partial charge in [0.2, 0.25) is 0 Å². The maximum absolute atomic E-state index is 11.9. The molecule has 0 aliphatic rings. The summed E-state index contributed by atoms with van der Waals surface area (Å²) in [5, 5.41) is 6.53. The van der Waals surface area contributed by atoms with Gasteiger partial charge in [0, 0.05) is 23.7 Å². The van der Waals surface area contributed by atoms with E-state index in [2.05, 4.69) is 25.1 Å². The first-order valence-electron chi connectivity index (χ1n) is 5.95. The standard InChI is InChI=1S/C12H12N6O/c1-3-8-7(2)15-11(9-6-13-4-5-14-9)18-10(8)16-17-12(18)19/h4-6H,3H2,1-2H3,(H,17,19). The van der Waals surface area contributed by atoms with Crippen LogP contribution in [0.5, 0.6) is 0 Å². The molecule has 0 radical (unpaired) electrons. The van der Waals surface area contributed by atoms with Crippen LogP contribution in [0.3, 0.4) is 0 Å². The molecule has 19 heavy (non-hydrogen) atoms. The molecule has 0 aliphatic heterocycles. The smallest absolute Gasteiger partial charge is 0.261 e. The molecular weight excluding hydrogens is 244 g/mol. The van der Waals surface area contributed by atoms with E-state index in [0.717, 1.165) is 17.7 Å². The number of aromatic nitrogens is 6. The zero-order valence-corrected chi connectivity index (χ0v) is 10.6. The third kappa shape index (κ3) is 1.70. The molecule has 96 valence electrons.